The lowest BCUT2D eigenvalue weighted by atomic mass is 10.0. The van der Waals surface area contributed by atoms with Crippen LogP contribution in [-0.4, -0.2) is 4.40 Å². The highest BCUT2D eigenvalue weighted by atomic mass is 15.2. The van der Waals surface area contributed by atoms with Gasteiger partial charge in [-0.2, -0.15) is 0 Å². The predicted octanol–water partition coefficient (Wildman–Crippen LogP) is 15.3. The van der Waals surface area contributed by atoms with Gasteiger partial charge >= 0.3 is 0 Å². The highest BCUT2D eigenvalue weighted by Crippen LogP contribution is 2.45. The van der Waals surface area contributed by atoms with E-state index in [9.17, 15) is 0 Å². The molecule has 0 aliphatic rings. The van der Waals surface area contributed by atoms with Gasteiger partial charge in [0.1, 0.15) is 0 Å². The second-order valence-electron chi connectivity index (χ2n) is 15.7. The van der Waals surface area contributed by atoms with Crippen LogP contribution in [0.5, 0.6) is 0 Å². The molecule has 0 amide bonds. The number of aryl methyl sites for hydroxylation is 4. The van der Waals surface area contributed by atoms with Crippen molar-refractivity contribution in [2.75, 3.05) is 9.80 Å². The van der Waals surface area contributed by atoms with Crippen molar-refractivity contribution in [1.29, 1.82) is 0 Å². The number of para-hydroxylation sites is 5. The Morgan fingerprint density at radius 1 is 0.316 bits per heavy atom. The molecular weight excluding hydrogens is 691 g/mol. The summed E-state index contributed by atoms with van der Waals surface area (Å²) in [6, 6.07) is 65.0. The van der Waals surface area contributed by atoms with E-state index in [1.165, 1.54) is 105 Å². The maximum absolute atomic E-state index is 2.52. The Morgan fingerprint density at radius 2 is 0.684 bits per heavy atom. The third-order valence-corrected chi connectivity index (χ3v) is 12.1. The van der Waals surface area contributed by atoms with Gasteiger partial charge in [-0.05, 0) is 144 Å². The van der Waals surface area contributed by atoms with E-state index in [0.29, 0.717) is 0 Å². The minimum Gasteiger partial charge on any atom is -0.310 e. The Hall–Kier alpha value is -7.10. The maximum atomic E-state index is 2.52. The number of rotatable bonds is 6. The molecule has 2 aromatic heterocycles. The summed E-state index contributed by atoms with van der Waals surface area (Å²) in [6.07, 6.45) is 0. The minimum absolute atomic E-state index is 1.15. The third-order valence-electron chi connectivity index (χ3n) is 12.1. The lowest BCUT2D eigenvalue weighted by Gasteiger charge is -2.28. The number of hydrogen-bond acceptors (Lipinski definition) is 2. The van der Waals surface area contributed by atoms with E-state index in [1.807, 2.05) is 0 Å². The smallest absolute Gasteiger partial charge is 0.0620 e. The molecule has 0 fully saturated rings. The summed E-state index contributed by atoms with van der Waals surface area (Å²) >= 11 is 0. The highest BCUT2D eigenvalue weighted by molar-refractivity contribution is 6.26. The highest BCUT2D eigenvalue weighted by Gasteiger charge is 2.22. The van der Waals surface area contributed by atoms with Gasteiger partial charge in [-0.25, -0.2) is 0 Å². The first-order valence-electron chi connectivity index (χ1n) is 19.9. The van der Waals surface area contributed by atoms with E-state index < -0.39 is 0 Å². The number of nitrogens with zero attached hydrogens (tertiary/aromatic N) is 3. The fourth-order valence-corrected chi connectivity index (χ4v) is 9.29. The van der Waals surface area contributed by atoms with E-state index in [1.54, 1.807) is 0 Å². The first-order chi connectivity index (χ1) is 27.9. The van der Waals surface area contributed by atoms with Crippen molar-refractivity contribution >= 4 is 93.8 Å². The third kappa shape index (κ3) is 5.12. The van der Waals surface area contributed by atoms with Crippen LogP contribution < -0.4 is 9.80 Å². The van der Waals surface area contributed by atoms with E-state index >= 15 is 0 Å². The van der Waals surface area contributed by atoms with Gasteiger partial charge in [-0.3, -0.25) is 0 Å². The van der Waals surface area contributed by atoms with Crippen molar-refractivity contribution in [2.45, 2.75) is 27.7 Å². The predicted molar refractivity (Wildman–Crippen MR) is 244 cm³/mol. The van der Waals surface area contributed by atoms with Crippen molar-refractivity contribution in [1.82, 2.24) is 4.40 Å². The Morgan fingerprint density at radius 3 is 1.05 bits per heavy atom. The van der Waals surface area contributed by atoms with Crippen LogP contribution in [0.3, 0.4) is 0 Å². The van der Waals surface area contributed by atoms with Crippen LogP contribution in [0, 0.1) is 27.7 Å². The Labute approximate surface area is 332 Å². The Balaban J connectivity index is 1.14. The van der Waals surface area contributed by atoms with Crippen LogP contribution in [0.15, 0.2) is 176 Å². The first-order valence-corrected chi connectivity index (χ1v) is 19.9. The molecule has 0 atom stereocenters. The van der Waals surface area contributed by atoms with Crippen LogP contribution in [0.2, 0.25) is 0 Å². The zero-order chi connectivity index (χ0) is 38.4. The number of benzene rings is 9. The first kappa shape index (κ1) is 33.3. The van der Waals surface area contributed by atoms with Crippen LogP contribution >= 0.6 is 0 Å². The molecule has 57 heavy (non-hydrogen) atoms. The Bertz CT molecular complexity index is 3060. The average Bonchev–Trinajstić information content (AvgIpc) is 3.73. The molecule has 0 aliphatic carbocycles. The summed E-state index contributed by atoms with van der Waals surface area (Å²) in [5.74, 6) is 0. The molecule has 11 aromatic rings. The van der Waals surface area contributed by atoms with Gasteiger partial charge in [-0.1, -0.05) is 103 Å². The van der Waals surface area contributed by atoms with Crippen molar-refractivity contribution < 1.29 is 0 Å². The molecule has 9 aromatic carbocycles. The minimum atomic E-state index is 1.15. The molecule has 0 aliphatic heterocycles. The van der Waals surface area contributed by atoms with Gasteiger partial charge < -0.3 is 14.2 Å². The quantitative estimate of drug-likeness (QED) is 0.169. The molecule has 11 rings (SSSR count). The van der Waals surface area contributed by atoms with E-state index in [2.05, 4.69) is 218 Å². The summed E-state index contributed by atoms with van der Waals surface area (Å²) in [5, 5.41) is 10.1. The van der Waals surface area contributed by atoms with E-state index in [4.69, 9.17) is 0 Å². The topological polar surface area (TPSA) is 10.9 Å². The SMILES string of the molecule is Cc1ccccc1N(c1ccc2cc3c4cccc5c6cc7ccc(N(c8ccccc8C)c8ccccc8C)cc7cc6n(c3cc2c1)c45)c1ccccc1C. The fourth-order valence-electron chi connectivity index (χ4n) is 9.29. The second-order valence-corrected chi connectivity index (χ2v) is 15.7. The number of hydrogen-bond donors (Lipinski definition) is 0. The molecule has 0 saturated heterocycles. The molecule has 0 bridgehead atoms. The molecular formula is C54H41N3. The van der Waals surface area contributed by atoms with Gasteiger partial charge in [0.2, 0.25) is 0 Å². The number of aromatic nitrogens is 1. The molecule has 3 heteroatoms. The van der Waals surface area contributed by atoms with Gasteiger partial charge in [-0.15, -0.1) is 0 Å². The van der Waals surface area contributed by atoms with Crippen LogP contribution in [0.4, 0.5) is 34.1 Å². The van der Waals surface area contributed by atoms with Gasteiger partial charge in [0.05, 0.1) is 16.6 Å². The zero-order valence-corrected chi connectivity index (χ0v) is 32.6. The standard InChI is InChI=1S/C54H41N3/c1-34-14-5-9-20-48(34)55(49-21-10-6-15-35(49)2)42-26-24-38-30-46-44-18-13-19-45-47-31-39-25-27-43(29-41(39)33-53(47)57(54(44)45)52(46)32-40(38)28-42)56(50-22-11-7-16-36(50)3)51-23-12-8-17-37(51)4/h5-33H,1-4H3. The summed E-state index contributed by atoms with van der Waals surface area (Å²) in [4.78, 5) is 4.83. The van der Waals surface area contributed by atoms with Crippen LogP contribution in [0.1, 0.15) is 22.3 Å². The summed E-state index contributed by atoms with van der Waals surface area (Å²) in [7, 11) is 0. The van der Waals surface area contributed by atoms with Gasteiger partial charge in [0, 0.05) is 55.7 Å². The summed E-state index contributed by atoms with van der Waals surface area (Å²) in [6.45, 7) is 8.79. The fraction of sp³-hybridized carbons (Fsp3) is 0.0741. The van der Waals surface area contributed by atoms with Crippen molar-refractivity contribution in [3.8, 4) is 0 Å². The molecule has 0 spiro atoms. The average molecular weight is 732 g/mol. The van der Waals surface area contributed by atoms with E-state index in [-0.39, 0.29) is 0 Å². The van der Waals surface area contributed by atoms with Crippen LogP contribution in [0.25, 0.3) is 59.6 Å². The molecule has 0 radical (unpaired) electrons. The summed E-state index contributed by atoms with van der Waals surface area (Å²) < 4.78 is 2.52. The Kier molecular flexibility index (Phi) is 7.42. The molecule has 0 unspecified atom stereocenters. The molecule has 0 saturated carbocycles. The molecule has 0 N–H and O–H groups in total. The lowest BCUT2D eigenvalue weighted by molar-refractivity contribution is 1.23. The number of anilines is 6. The molecule has 2 heterocycles. The van der Waals surface area contributed by atoms with Gasteiger partial charge in [0.15, 0.2) is 0 Å². The monoisotopic (exact) mass is 731 g/mol. The normalized spacial score (nSPS) is 11.9. The van der Waals surface area contributed by atoms with Crippen LogP contribution in [-0.2, 0) is 0 Å². The number of fused-ring (bicyclic) bond motifs is 8. The van der Waals surface area contributed by atoms with E-state index in [0.717, 1.165) is 11.4 Å². The van der Waals surface area contributed by atoms with Crippen molar-refractivity contribution in [2.24, 2.45) is 0 Å². The van der Waals surface area contributed by atoms with Crippen molar-refractivity contribution in [3.05, 3.63) is 198 Å². The molecule has 3 nitrogen and oxygen atoms in total. The van der Waals surface area contributed by atoms with Crippen molar-refractivity contribution in [3.63, 3.8) is 0 Å². The molecule has 272 valence electrons. The summed E-state index contributed by atoms with van der Waals surface area (Å²) in [5.41, 5.74) is 15.8. The van der Waals surface area contributed by atoms with Gasteiger partial charge in [0.25, 0.3) is 0 Å². The second kappa shape index (κ2) is 12.7. The zero-order valence-electron chi connectivity index (χ0n) is 32.6. The maximum Gasteiger partial charge on any atom is 0.0620 e. The lowest BCUT2D eigenvalue weighted by Crippen LogP contribution is -2.12. The largest absolute Gasteiger partial charge is 0.310 e.